The molecule has 0 spiro atoms. The summed E-state index contributed by atoms with van der Waals surface area (Å²) in [4.78, 5) is 0.273. The molecule has 0 aliphatic carbocycles. The molecule has 4 rings (SSSR count). The van der Waals surface area contributed by atoms with E-state index >= 15 is 0 Å². The van der Waals surface area contributed by atoms with E-state index < -0.39 is 24.1 Å². The monoisotopic (exact) mass is 485 g/mol. The van der Waals surface area contributed by atoms with E-state index in [9.17, 15) is 8.42 Å². The second-order valence-electron chi connectivity index (χ2n) is 9.69. The van der Waals surface area contributed by atoms with Crippen LogP contribution in [0.15, 0.2) is 108 Å². The molecule has 0 aliphatic rings. The predicted molar refractivity (Wildman–Crippen MR) is 145 cm³/mol. The van der Waals surface area contributed by atoms with Crippen molar-refractivity contribution < 1.29 is 8.42 Å². The van der Waals surface area contributed by atoms with Gasteiger partial charge >= 0.3 is 0 Å². The lowest BCUT2D eigenvalue weighted by atomic mass is 9.97. The Morgan fingerprint density at radius 3 is 1.85 bits per heavy atom. The van der Waals surface area contributed by atoms with Gasteiger partial charge in [0.25, 0.3) is 0 Å². The highest BCUT2D eigenvalue weighted by atomic mass is 32.2. The molecule has 4 aromatic carbocycles. The van der Waals surface area contributed by atoms with E-state index in [-0.39, 0.29) is 4.90 Å². The van der Waals surface area contributed by atoms with E-state index in [1.807, 2.05) is 61.5 Å². The average Bonchev–Trinajstić information content (AvgIpc) is 2.83. The minimum atomic E-state index is -3.73. The summed E-state index contributed by atoms with van der Waals surface area (Å²) >= 11 is 0. The quantitative estimate of drug-likeness (QED) is 0.313. The fourth-order valence-corrected chi connectivity index (χ4v) is 7.08. The van der Waals surface area contributed by atoms with Crippen molar-refractivity contribution >= 4 is 23.3 Å². The summed E-state index contributed by atoms with van der Waals surface area (Å²) in [7, 11) is -5.47. The number of nitrogens with one attached hydrogen (secondary N) is 1. The molecule has 1 N–H and O–H groups in total. The van der Waals surface area contributed by atoms with Crippen LogP contribution in [-0.2, 0) is 10.0 Å². The van der Waals surface area contributed by atoms with Gasteiger partial charge in [-0.2, -0.15) is 4.72 Å². The lowest BCUT2D eigenvalue weighted by Gasteiger charge is -2.27. The van der Waals surface area contributed by atoms with Gasteiger partial charge in [-0.05, 0) is 41.3 Å². The van der Waals surface area contributed by atoms with Gasteiger partial charge in [-0.1, -0.05) is 121 Å². The fraction of sp³-hybridized carbons (Fsp3) is 0.172. The average molecular weight is 486 g/mol. The van der Waals surface area contributed by atoms with Crippen LogP contribution in [0.1, 0.15) is 22.7 Å². The molecule has 34 heavy (non-hydrogen) atoms. The fourth-order valence-electron chi connectivity index (χ4n) is 4.18. The molecule has 1 unspecified atom stereocenters. The van der Waals surface area contributed by atoms with Gasteiger partial charge in [-0.25, -0.2) is 8.42 Å². The van der Waals surface area contributed by atoms with Crippen molar-refractivity contribution in [1.29, 1.82) is 0 Å². The first-order valence-electron chi connectivity index (χ1n) is 11.5. The van der Waals surface area contributed by atoms with Crippen LogP contribution in [0.3, 0.4) is 0 Å². The number of aryl methyl sites for hydroxylation is 1. The molecule has 0 saturated carbocycles. The third-order valence-electron chi connectivity index (χ3n) is 6.04. The molecule has 0 amide bonds. The van der Waals surface area contributed by atoms with Crippen molar-refractivity contribution in [1.82, 2.24) is 4.72 Å². The normalized spacial score (nSPS) is 12.9. The molecule has 0 fully saturated rings. The highest BCUT2D eigenvalue weighted by molar-refractivity contribution is 7.89. The summed E-state index contributed by atoms with van der Waals surface area (Å²) < 4.78 is 29.9. The van der Waals surface area contributed by atoms with E-state index in [4.69, 9.17) is 0 Å². The van der Waals surface area contributed by atoms with Gasteiger partial charge in [0.2, 0.25) is 10.0 Å². The third kappa shape index (κ3) is 5.38. The van der Waals surface area contributed by atoms with Crippen molar-refractivity contribution in [2.45, 2.75) is 37.5 Å². The topological polar surface area (TPSA) is 46.2 Å². The minimum Gasteiger partial charge on any atom is -0.207 e. The highest BCUT2D eigenvalue weighted by Gasteiger charge is 2.28. The maximum absolute atomic E-state index is 13.5. The molecule has 5 heteroatoms. The summed E-state index contributed by atoms with van der Waals surface area (Å²) in [6.45, 7) is 8.81. The Kier molecular flexibility index (Phi) is 6.89. The molecule has 0 aromatic heterocycles. The first-order chi connectivity index (χ1) is 16.1. The van der Waals surface area contributed by atoms with E-state index in [0.29, 0.717) is 0 Å². The second kappa shape index (κ2) is 9.70. The molecule has 0 saturated heterocycles. The largest absolute Gasteiger partial charge is 0.241 e. The summed E-state index contributed by atoms with van der Waals surface area (Å²) in [5.74, 6) is 0. The second-order valence-corrected chi connectivity index (χ2v) is 16.4. The first kappa shape index (κ1) is 24.1. The van der Waals surface area contributed by atoms with Crippen molar-refractivity contribution in [3.8, 4) is 11.1 Å². The molecule has 3 nitrogen and oxygen atoms in total. The van der Waals surface area contributed by atoms with Gasteiger partial charge in [-0.3, -0.25) is 0 Å². The lowest BCUT2D eigenvalue weighted by molar-refractivity contribution is 0.572. The van der Waals surface area contributed by atoms with Crippen molar-refractivity contribution in [3.63, 3.8) is 0 Å². The number of benzene rings is 4. The van der Waals surface area contributed by atoms with Gasteiger partial charge in [0, 0.05) is 0 Å². The van der Waals surface area contributed by atoms with Crippen LogP contribution >= 0.6 is 0 Å². The van der Waals surface area contributed by atoms with Gasteiger partial charge in [0.05, 0.1) is 19.0 Å². The number of sulfonamides is 1. The SMILES string of the molecule is Cc1ccc(S(=O)(=O)NC(c2ccc(-c3ccccc3)cc2)c2ccccc2[Si](C)(C)C)cc1. The van der Waals surface area contributed by atoms with Gasteiger partial charge in [0.15, 0.2) is 0 Å². The van der Waals surface area contributed by atoms with E-state index in [0.717, 1.165) is 27.8 Å². The Morgan fingerprint density at radius 1 is 0.676 bits per heavy atom. The Bertz CT molecular complexity index is 1360. The summed E-state index contributed by atoms with van der Waals surface area (Å²) in [5.41, 5.74) is 5.19. The zero-order chi connectivity index (χ0) is 24.3. The first-order valence-corrected chi connectivity index (χ1v) is 16.5. The van der Waals surface area contributed by atoms with Crippen LogP contribution < -0.4 is 9.91 Å². The predicted octanol–water partition coefficient (Wildman–Crippen LogP) is 6.28. The molecule has 174 valence electrons. The standard InChI is InChI=1S/C29H31NO2SSi/c1-22-14-20-26(21-15-22)33(31,32)30-29(27-12-8-9-13-28(27)34(2,3)4)25-18-16-24(17-19-25)23-10-6-5-7-11-23/h5-21,29-30H,1-4H3. The summed E-state index contributed by atoms with van der Waals surface area (Å²) in [5, 5.41) is 1.25. The van der Waals surface area contributed by atoms with Crippen LogP contribution in [0, 0.1) is 6.92 Å². The van der Waals surface area contributed by atoms with Gasteiger partial charge in [-0.15, -0.1) is 0 Å². The number of rotatable bonds is 7. The maximum atomic E-state index is 13.5. The third-order valence-corrected chi connectivity index (χ3v) is 9.55. The smallest absolute Gasteiger partial charge is 0.207 e. The summed E-state index contributed by atoms with van der Waals surface area (Å²) in [6, 6.07) is 33.1. The summed E-state index contributed by atoms with van der Waals surface area (Å²) in [6.07, 6.45) is 0. The lowest BCUT2D eigenvalue weighted by Crippen LogP contribution is -2.43. The van der Waals surface area contributed by atoms with Crippen LogP contribution in [0.2, 0.25) is 19.6 Å². The number of hydrogen-bond acceptors (Lipinski definition) is 2. The van der Waals surface area contributed by atoms with Crippen LogP contribution in [0.4, 0.5) is 0 Å². The molecule has 0 aliphatic heterocycles. The Balaban J connectivity index is 1.80. The zero-order valence-electron chi connectivity index (χ0n) is 20.1. The molecular formula is C29H31NO2SSi. The van der Waals surface area contributed by atoms with E-state index in [1.165, 1.54) is 5.19 Å². The van der Waals surface area contributed by atoms with E-state index in [2.05, 4.69) is 60.8 Å². The van der Waals surface area contributed by atoms with Gasteiger partial charge < -0.3 is 0 Å². The van der Waals surface area contributed by atoms with Crippen LogP contribution in [0.5, 0.6) is 0 Å². The molecule has 4 aromatic rings. The molecule has 1 atom stereocenters. The zero-order valence-corrected chi connectivity index (χ0v) is 21.9. The van der Waals surface area contributed by atoms with E-state index in [1.54, 1.807) is 12.1 Å². The Hall–Kier alpha value is -2.99. The van der Waals surface area contributed by atoms with Crippen molar-refractivity contribution in [2.24, 2.45) is 0 Å². The van der Waals surface area contributed by atoms with Crippen molar-refractivity contribution in [3.05, 3.63) is 120 Å². The van der Waals surface area contributed by atoms with Crippen LogP contribution in [-0.4, -0.2) is 16.5 Å². The molecular weight excluding hydrogens is 454 g/mol. The molecule has 0 radical (unpaired) electrons. The Morgan fingerprint density at radius 2 is 1.24 bits per heavy atom. The van der Waals surface area contributed by atoms with Crippen molar-refractivity contribution in [2.75, 3.05) is 0 Å². The minimum absolute atomic E-state index is 0.273. The molecule has 0 heterocycles. The molecule has 0 bridgehead atoms. The highest BCUT2D eigenvalue weighted by Crippen LogP contribution is 2.28. The Labute approximate surface area is 204 Å². The van der Waals surface area contributed by atoms with Gasteiger partial charge in [0.1, 0.15) is 0 Å². The number of hydrogen-bond donors (Lipinski definition) is 1. The van der Waals surface area contributed by atoms with Crippen LogP contribution in [0.25, 0.3) is 11.1 Å². The maximum Gasteiger partial charge on any atom is 0.241 e.